The summed E-state index contributed by atoms with van der Waals surface area (Å²) in [5.74, 6) is 0.986. The standard InChI is InChI=1S/C15H21N3.2BrH/c1-3-18(4-2)12-11-17-15-14-8-6-5-7-13(14)9-10-16-15;;/h5-10H,3-4,11-12H2,1-2H3,(H,16,17);2*1H. The van der Waals surface area contributed by atoms with Crippen LogP contribution in [0.25, 0.3) is 10.8 Å². The van der Waals surface area contributed by atoms with E-state index in [9.17, 15) is 0 Å². The summed E-state index contributed by atoms with van der Waals surface area (Å²) in [5, 5.41) is 5.86. The highest BCUT2D eigenvalue weighted by molar-refractivity contribution is 8.93. The maximum Gasteiger partial charge on any atom is 0.133 e. The Morgan fingerprint density at radius 2 is 1.75 bits per heavy atom. The molecule has 20 heavy (non-hydrogen) atoms. The first-order chi connectivity index (χ1) is 8.85. The molecule has 1 heterocycles. The summed E-state index contributed by atoms with van der Waals surface area (Å²) in [7, 11) is 0. The number of rotatable bonds is 6. The van der Waals surface area contributed by atoms with Gasteiger partial charge in [0.05, 0.1) is 0 Å². The first-order valence-corrected chi connectivity index (χ1v) is 6.65. The van der Waals surface area contributed by atoms with E-state index in [1.54, 1.807) is 0 Å². The molecular weight excluding hydrogens is 382 g/mol. The van der Waals surface area contributed by atoms with Gasteiger partial charge in [-0.15, -0.1) is 34.0 Å². The zero-order chi connectivity index (χ0) is 12.8. The number of likely N-dealkylation sites (N-methyl/N-ethyl adjacent to an activating group) is 1. The minimum absolute atomic E-state index is 0. The molecule has 0 aliphatic rings. The predicted octanol–water partition coefficient (Wildman–Crippen LogP) is 4.14. The van der Waals surface area contributed by atoms with Crippen LogP contribution in [0.3, 0.4) is 0 Å². The van der Waals surface area contributed by atoms with Gasteiger partial charge in [-0.2, -0.15) is 0 Å². The lowest BCUT2D eigenvalue weighted by atomic mass is 10.1. The van der Waals surface area contributed by atoms with Gasteiger partial charge < -0.3 is 10.2 Å². The Balaban J connectivity index is 0.00000180. The van der Waals surface area contributed by atoms with Crippen molar-refractivity contribution in [2.45, 2.75) is 13.8 Å². The lowest BCUT2D eigenvalue weighted by molar-refractivity contribution is 0.316. The van der Waals surface area contributed by atoms with Crippen LogP contribution in [0.2, 0.25) is 0 Å². The van der Waals surface area contributed by atoms with Crippen molar-refractivity contribution in [2.75, 3.05) is 31.5 Å². The summed E-state index contributed by atoms with van der Waals surface area (Å²) < 4.78 is 0. The van der Waals surface area contributed by atoms with Gasteiger partial charge in [0.25, 0.3) is 0 Å². The molecule has 0 bridgehead atoms. The summed E-state index contributed by atoms with van der Waals surface area (Å²) in [6.45, 7) is 8.57. The van der Waals surface area contributed by atoms with Crippen LogP contribution >= 0.6 is 34.0 Å². The van der Waals surface area contributed by atoms with Crippen molar-refractivity contribution in [3.63, 3.8) is 0 Å². The molecule has 0 radical (unpaired) electrons. The molecule has 2 aromatic rings. The number of benzene rings is 1. The molecule has 0 spiro atoms. The van der Waals surface area contributed by atoms with E-state index in [2.05, 4.69) is 53.3 Å². The molecular formula is C15H23Br2N3. The highest BCUT2D eigenvalue weighted by atomic mass is 79.9. The summed E-state index contributed by atoms with van der Waals surface area (Å²) in [4.78, 5) is 6.83. The topological polar surface area (TPSA) is 28.2 Å². The number of hydrogen-bond acceptors (Lipinski definition) is 3. The van der Waals surface area contributed by atoms with E-state index in [0.717, 1.165) is 32.0 Å². The fourth-order valence-electron chi connectivity index (χ4n) is 2.13. The molecule has 0 unspecified atom stereocenters. The molecule has 0 aliphatic heterocycles. The highest BCUT2D eigenvalue weighted by Crippen LogP contribution is 2.19. The second-order valence-electron chi connectivity index (χ2n) is 4.33. The Hall–Kier alpha value is -0.650. The van der Waals surface area contributed by atoms with E-state index < -0.39 is 0 Å². The largest absolute Gasteiger partial charge is 0.368 e. The van der Waals surface area contributed by atoms with Crippen LogP contribution in [-0.2, 0) is 0 Å². The maximum absolute atomic E-state index is 4.43. The zero-order valence-electron chi connectivity index (χ0n) is 12.0. The van der Waals surface area contributed by atoms with Gasteiger partial charge >= 0.3 is 0 Å². The van der Waals surface area contributed by atoms with E-state index in [4.69, 9.17) is 0 Å². The number of nitrogens with one attached hydrogen (secondary N) is 1. The van der Waals surface area contributed by atoms with Crippen molar-refractivity contribution < 1.29 is 0 Å². The Bertz CT molecular complexity index is 496. The van der Waals surface area contributed by atoms with Gasteiger partial charge in [-0.3, -0.25) is 0 Å². The Labute approximate surface area is 142 Å². The van der Waals surface area contributed by atoms with Crippen LogP contribution in [-0.4, -0.2) is 36.1 Å². The highest BCUT2D eigenvalue weighted by Gasteiger charge is 2.02. The lowest BCUT2D eigenvalue weighted by Crippen LogP contribution is -2.28. The lowest BCUT2D eigenvalue weighted by Gasteiger charge is -2.18. The third-order valence-corrected chi connectivity index (χ3v) is 3.29. The van der Waals surface area contributed by atoms with E-state index in [0.29, 0.717) is 0 Å². The molecule has 0 amide bonds. The first-order valence-electron chi connectivity index (χ1n) is 6.65. The van der Waals surface area contributed by atoms with Gasteiger partial charge in [0.2, 0.25) is 0 Å². The third kappa shape index (κ3) is 5.04. The normalized spacial score (nSPS) is 9.95. The molecule has 0 saturated carbocycles. The Morgan fingerprint density at radius 3 is 2.45 bits per heavy atom. The molecule has 0 saturated heterocycles. The van der Waals surface area contributed by atoms with Crippen LogP contribution < -0.4 is 5.32 Å². The number of aromatic nitrogens is 1. The average Bonchev–Trinajstić information content (AvgIpc) is 2.44. The third-order valence-electron chi connectivity index (χ3n) is 3.29. The zero-order valence-corrected chi connectivity index (χ0v) is 15.4. The van der Waals surface area contributed by atoms with E-state index in [1.807, 2.05) is 12.3 Å². The smallest absolute Gasteiger partial charge is 0.133 e. The minimum atomic E-state index is 0. The Kier molecular flexibility index (Phi) is 9.80. The van der Waals surface area contributed by atoms with Crippen LogP contribution in [0.5, 0.6) is 0 Å². The summed E-state index contributed by atoms with van der Waals surface area (Å²) in [5.41, 5.74) is 0. The van der Waals surface area contributed by atoms with Crippen molar-refractivity contribution in [2.24, 2.45) is 0 Å². The fourth-order valence-corrected chi connectivity index (χ4v) is 2.13. The summed E-state index contributed by atoms with van der Waals surface area (Å²) in [6.07, 6.45) is 1.86. The molecule has 0 aliphatic carbocycles. The molecule has 2 rings (SSSR count). The number of pyridine rings is 1. The number of anilines is 1. The summed E-state index contributed by atoms with van der Waals surface area (Å²) >= 11 is 0. The quantitative estimate of drug-likeness (QED) is 0.783. The summed E-state index contributed by atoms with van der Waals surface area (Å²) in [6, 6.07) is 10.4. The SMILES string of the molecule is Br.Br.CCN(CC)CCNc1nccc2ccccc12. The average molecular weight is 405 g/mol. The molecule has 0 fully saturated rings. The van der Waals surface area contributed by atoms with Crippen LogP contribution in [0.4, 0.5) is 5.82 Å². The van der Waals surface area contributed by atoms with Gasteiger partial charge in [0, 0.05) is 24.7 Å². The van der Waals surface area contributed by atoms with Gasteiger partial charge in [-0.05, 0) is 24.5 Å². The maximum atomic E-state index is 4.43. The van der Waals surface area contributed by atoms with Gasteiger partial charge in [0.15, 0.2) is 0 Å². The van der Waals surface area contributed by atoms with Crippen molar-refractivity contribution >= 4 is 50.6 Å². The predicted molar refractivity (Wildman–Crippen MR) is 98.7 cm³/mol. The van der Waals surface area contributed by atoms with Crippen LogP contribution in [0, 0.1) is 0 Å². The van der Waals surface area contributed by atoms with E-state index in [-0.39, 0.29) is 34.0 Å². The van der Waals surface area contributed by atoms with Crippen molar-refractivity contribution in [3.8, 4) is 0 Å². The number of nitrogens with zero attached hydrogens (tertiary/aromatic N) is 2. The van der Waals surface area contributed by atoms with E-state index in [1.165, 1.54) is 10.8 Å². The van der Waals surface area contributed by atoms with Gasteiger partial charge in [-0.1, -0.05) is 38.1 Å². The van der Waals surface area contributed by atoms with Crippen molar-refractivity contribution in [1.82, 2.24) is 9.88 Å². The molecule has 1 aromatic carbocycles. The van der Waals surface area contributed by atoms with Crippen LogP contribution in [0.1, 0.15) is 13.8 Å². The van der Waals surface area contributed by atoms with Crippen molar-refractivity contribution in [3.05, 3.63) is 36.5 Å². The fraction of sp³-hybridized carbons (Fsp3) is 0.400. The second kappa shape index (κ2) is 10.1. The van der Waals surface area contributed by atoms with Crippen LogP contribution in [0.15, 0.2) is 36.5 Å². The van der Waals surface area contributed by atoms with Gasteiger partial charge in [0.1, 0.15) is 5.82 Å². The molecule has 1 N–H and O–H groups in total. The first kappa shape index (κ1) is 19.4. The monoisotopic (exact) mass is 403 g/mol. The molecule has 5 heteroatoms. The number of fused-ring (bicyclic) bond motifs is 1. The molecule has 3 nitrogen and oxygen atoms in total. The number of halogens is 2. The second-order valence-corrected chi connectivity index (χ2v) is 4.33. The molecule has 112 valence electrons. The molecule has 0 atom stereocenters. The minimum Gasteiger partial charge on any atom is -0.368 e. The van der Waals surface area contributed by atoms with Crippen molar-refractivity contribution in [1.29, 1.82) is 0 Å². The Morgan fingerprint density at radius 1 is 1.05 bits per heavy atom. The van der Waals surface area contributed by atoms with Gasteiger partial charge in [-0.25, -0.2) is 4.98 Å². The molecule has 1 aromatic heterocycles. The van der Waals surface area contributed by atoms with E-state index >= 15 is 0 Å². The number of hydrogen-bond donors (Lipinski definition) is 1.